The number of benzene rings is 1. The third kappa shape index (κ3) is 2.75. The Morgan fingerprint density at radius 3 is 2.58 bits per heavy atom. The summed E-state index contributed by atoms with van der Waals surface area (Å²) in [6, 6.07) is 4.16. The van der Waals surface area contributed by atoms with Gasteiger partial charge in [0.2, 0.25) is 0 Å². The van der Waals surface area contributed by atoms with Crippen molar-refractivity contribution in [3.05, 3.63) is 34.6 Å². The Morgan fingerprint density at radius 1 is 1.32 bits per heavy atom. The zero-order valence-electron chi connectivity index (χ0n) is 9.87. The summed E-state index contributed by atoms with van der Waals surface area (Å²) in [4.78, 5) is 0. The maximum Gasteiger partial charge on any atom is 0.435 e. The molecule has 19 heavy (non-hydrogen) atoms. The van der Waals surface area contributed by atoms with Gasteiger partial charge in [0.1, 0.15) is 5.75 Å². The van der Waals surface area contributed by atoms with Crippen LogP contribution in [0.2, 0.25) is 0 Å². The Bertz CT molecular complexity index is 608. The molecule has 0 unspecified atom stereocenters. The van der Waals surface area contributed by atoms with Crippen LogP contribution in [0, 0.1) is 0 Å². The van der Waals surface area contributed by atoms with Crippen molar-refractivity contribution in [1.82, 2.24) is 9.78 Å². The summed E-state index contributed by atoms with van der Waals surface area (Å²) >= 11 is 3.18. The summed E-state index contributed by atoms with van der Waals surface area (Å²) in [7, 11) is 0. The van der Waals surface area contributed by atoms with E-state index in [1.165, 1.54) is 29.1 Å². The van der Waals surface area contributed by atoms with Gasteiger partial charge in [0, 0.05) is 28.3 Å². The van der Waals surface area contributed by atoms with E-state index in [-0.39, 0.29) is 16.9 Å². The number of phenols is 1. The molecule has 0 amide bonds. The molecule has 3 nitrogen and oxygen atoms in total. The Kier molecular flexibility index (Phi) is 3.58. The topological polar surface area (TPSA) is 38.0 Å². The largest absolute Gasteiger partial charge is 0.508 e. The lowest BCUT2D eigenvalue weighted by molar-refractivity contribution is -0.141. The second-order valence-electron chi connectivity index (χ2n) is 3.91. The van der Waals surface area contributed by atoms with Crippen LogP contribution >= 0.6 is 15.9 Å². The number of phenolic OH excluding ortho intramolecular Hbond substituents is 1. The quantitative estimate of drug-likeness (QED) is 0.899. The highest BCUT2D eigenvalue weighted by Gasteiger charge is 2.37. The van der Waals surface area contributed by atoms with E-state index >= 15 is 0 Å². The summed E-state index contributed by atoms with van der Waals surface area (Å²) < 4.78 is 40.6. The predicted molar refractivity (Wildman–Crippen MR) is 67.7 cm³/mol. The fraction of sp³-hybridized carbons (Fsp3) is 0.250. The zero-order chi connectivity index (χ0) is 14.2. The van der Waals surface area contributed by atoms with E-state index in [9.17, 15) is 18.3 Å². The average molecular weight is 335 g/mol. The number of aryl methyl sites for hydroxylation is 1. The highest BCUT2D eigenvalue weighted by molar-refractivity contribution is 9.10. The lowest BCUT2D eigenvalue weighted by atomic mass is 10.1. The second kappa shape index (κ2) is 4.88. The minimum Gasteiger partial charge on any atom is -0.508 e. The molecule has 0 saturated heterocycles. The van der Waals surface area contributed by atoms with Crippen molar-refractivity contribution in [2.45, 2.75) is 19.6 Å². The van der Waals surface area contributed by atoms with E-state index < -0.39 is 11.9 Å². The van der Waals surface area contributed by atoms with Crippen molar-refractivity contribution in [2.75, 3.05) is 0 Å². The molecule has 0 radical (unpaired) electrons. The van der Waals surface area contributed by atoms with Crippen LogP contribution in [0.25, 0.3) is 11.1 Å². The van der Waals surface area contributed by atoms with Gasteiger partial charge in [-0.15, -0.1) is 0 Å². The van der Waals surface area contributed by atoms with Crippen LogP contribution in [0.3, 0.4) is 0 Å². The van der Waals surface area contributed by atoms with E-state index in [2.05, 4.69) is 21.0 Å². The average Bonchev–Trinajstić information content (AvgIpc) is 2.76. The van der Waals surface area contributed by atoms with Crippen LogP contribution in [0.4, 0.5) is 13.2 Å². The molecule has 0 aliphatic carbocycles. The summed E-state index contributed by atoms with van der Waals surface area (Å²) in [5.74, 6) is -0.101. The van der Waals surface area contributed by atoms with Gasteiger partial charge in [-0.1, -0.05) is 15.9 Å². The Labute approximate surface area is 115 Å². The fourth-order valence-corrected chi connectivity index (χ4v) is 2.17. The van der Waals surface area contributed by atoms with Gasteiger partial charge < -0.3 is 5.11 Å². The number of aromatic hydroxyl groups is 1. The molecule has 0 fully saturated rings. The highest BCUT2D eigenvalue weighted by atomic mass is 79.9. The minimum absolute atomic E-state index is 0.0582. The van der Waals surface area contributed by atoms with Gasteiger partial charge in [0.25, 0.3) is 0 Å². The normalized spacial score (nSPS) is 11.8. The summed E-state index contributed by atoms with van der Waals surface area (Å²) in [5, 5.41) is 13.0. The van der Waals surface area contributed by atoms with Crippen molar-refractivity contribution in [2.24, 2.45) is 0 Å². The molecule has 1 heterocycles. The van der Waals surface area contributed by atoms with Gasteiger partial charge >= 0.3 is 6.18 Å². The van der Waals surface area contributed by atoms with Crippen LogP contribution < -0.4 is 0 Å². The first-order chi connectivity index (χ1) is 8.82. The van der Waals surface area contributed by atoms with Crippen molar-refractivity contribution in [1.29, 1.82) is 0 Å². The molecule has 102 valence electrons. The monoisotopic (exact) mass is 334 g/mol. The van der Waals surface area contributed by atoms with Gasteiger partial charge in [0.05, 0.1) is 0 Å². The lowest BCUT2D eigenvalue weighted by Crippen LogP contribution is -2.08. The minimum atomic E-state index is -4.54. The van der Waals surface area contributed by atoms with E-state index in [1.54, 1.807) is 6.92 Å². The first kappa shape index (κ1) is 13.9. The van der Waals surface area contributed by atoms with E-state index in [0.29, 0.717) is 11.0 Å². The van der Waals surface area contributed by atoms with Gasteiger partial charge in [-0.25, -0.2) is 0 Å². The van der Waals surface area contributed by atoms with Crippen LogP contribution in [0.1, 0.15) is 12.6 Å². The molecule has 2 rings (SSSR count). The predicted octanol–water partition coefficient (Wildman–Crippen LogP) is 4.06. The van der Waals surface area contributed by atoms with Crippen molar-refractivity contribution >= 4 is 15.9 Å². The van der Waals surface area contributed by atoms with Crippen LogP contribution in [0.15, 0.2) is 28.9 Å². The molecule has 0 bridgehead atoms. The summed E-state index contributed by atoms with van der Waals surface area (Å²) in [6.07, 6.45) is -3.22. The van der Waals surface area contributed by atoms with Gasteiger partial charge in [-0.3, -0.25) is 4.68 Å². The maximum atomic E-state index is 13.0. The molecule has 0 aliphatic rings. The third-order valence-corrected chi connectivity index (χ3v) is 3.29. The van der Waals surface area contributed by atoms with Crippen molar-refractivity contribution in [3.63, 3.8) is 0 Å². The molecule has 7 heteroatoms. The zero-order valence-corrected chi connectivity index (χ0v) is 11.5. The van der Waals surface area contributed by atoms with Crippen LogP contribution in [0.5, 0.6) is 5.75 Å². The number of alkyl halides is 3. The second-order valence-corrected chi connectivity index (χ2v) is 4.76. The molecule has 2 aromatic rings. The standard InChI is InChI=1S/C12H10BrF3N2O/c1-2-18-6-9(11(17-18)12(14,15)16)8-5-7(19)3-4-10(8)13/h3-6,19H,2H2,1H3. The highest BCUT2D eigenvalue weighted by Crippen LogP contribution is 2.39. The molecule has 1 N–H and O–H groups in total. The van der Waals surface area contributed by atoms with E-state index in [1.807, 2.05) is 0 Å². The van der Waals surface area contributed by atoms with Gasteiger partial charge in [-0.2, -0.15) is 18.3 Å². The molecule has 0 aliphatic heterocycles. The summed E-state index contributed by atoms with van der Waals surface area (Å²) in [6.45, 7) is 2.04. The first-order valence-corrected chi connectivity index (χ1v) is 6.25. The Balaban J connectivity index is 2.67. The summed E-state index contributed by atoms with van der Waals surface area (Å²) in [5.41, 5.74) is -0.759. The molecule has 1 aromatic heterocycles. The third-order valence-electron chi connectivity index (χ3n) is 2.59. The number of halogens is 4. The molecule has 0 atom stereocenters. The number of hydrogen-bond acceptors (Lipinski definition) is 2. The van der Waals surface area contributed by atoms with Crippen LogP contribution in [-0.4, -0.2) is 14.9 Å². The van der Waals surface area contributed by atoms with E-state index in [0.717, 1.165) is 0 Å². The lowest BCUT2D eigenvalue weighted by Gasteiger charge is -2.08. The Hall–Kier alpha value is -1.50. The van der Waals surface area contributed by atoms with Crippen molar-refractivity contribution < 1.29 is 18.3 Å². The number of rotatable bonds is 2. The molecule has 0 spiro atoms. The molecule has 1 aromatic carbocycles. The van der Waals surface area contributed by atoms with Gasteiger partial charge in [0.15, 0.2) is 5.69 Å². The molecular weight excluding hydrogens is 325 g/mol. The fourth-order valence-electron chi connectivity index (χ4n) is 1.71. The van der Waals surface area contributed by atoms with E-state index in [4.69, 9.17) is 0 Å². The Morgan fingerprint density at radius 2 is 2.00 bits per heavy atom. The molecular formula is C12H10BrF3N2O. The number of hydrogen-bond donors (Lipinski definition) is 1. The molecule has 0 saturated carbocycles. The number of nitrogens with zero attached hydrogens (tertiary/aromatic N) is 2. The van der Waals surface area contributed by atoms with Crippen molar-refractivity contribution in [3.8, 4) is 16.9 Å². The number of aromatic nitrogens is 2. The first-order valence-electron chi connectivity index (χ1n) is 5.46. The van der Waals surface area contributed by atoms with Gasteiger partial charge in [-0.05, 0) is 25.1 Å². The smallest absolute Gasteiger partial charge is 0.435 e. The van der Waals surface area contributed by atoms with Crippen LogP contribution in [-0.2, 0) is 12.7 Å². The SMILES string of the molecule is CCn1cc(-c2cc(O)ccc2Br)c(C(F)(F)F)n1. The maximum absolute atomic E-state index is 13.0.